The fourth-order valence-corrected chi connectivity index (χ4v) is 3.15. The van der Waals surface area contributed by atoms with Gasteiger partial charge in [-0.25, -0.2) is 15.0 Å². The summed E-state index contributed by atoms with van der Waals surface area (Å²) in [5.74, 6) is 0.859. The number of pyridine rings is 1. The third kappa shape index (κ3) is 4.61. The van der Waals surface area contributed by atoms with Crippen molar-refractivity contribution in [1.82, 2.24) is 15.0 Å². The molecule has 0 atom stereocenters. The van der Waals surface area contributed by atoms with Gasteiger partial charge < -0.3 is 10.6 Å². The molecule has 0 spiro atoms. The van der Waals surface area contributed by atoms with Crippen molar-refractivity contribution >= 4 is 34.7 Å². The van der Waals surface area contributed by atoms with Crippen molar-refractivity contribution in [2.45, 2.75) is 6.92 Å². The molecule has 0 bridgehead atoms. The van der Waals surface area contributed by atoms with E-state index in [1.165, 1.54) is 0 Å². The molecular formula is C23H18ClN5O. The molecule has 1 amide bonds. The summed E-state index contributed by atoms with van der Waals surface area (Å²) in [7, 11) is 0. The van der Waals surface area contributed by atoms with Crippen molar-refractivity contribution < 1.29 is 4.79 Å². The van der Waals surface area contributed by atoms with Crippen molar-refractivity contribution in [2.75, 3.05) is 10.6 Å². The van der Waals surface area contributed by atoms with Gasteiger partial charge in [0.1, 0.15) is 11.6 Å². The first kappa shape index (κ1) is 19.5. The molecule has 30 heavy (non-hydrogen) atoms. The molecule has 0 radical (unpaired) electrons. The van der Waals surface area contributed by atoms with Crippen LogP contribution in [0.1, 0.15) is 16.2 Å². The zero-order valence-corrected chi connectivity index (χ0v) is 16.9. The average Bonchev–Trinajstić information content (AvgIpc) is 2.74. The van der Waals surface area contributed by atoms with Crippen molar-refractivity contribution in [3.05, 3.63) is 95.5 Å². The van der Waals surface area contributed by atoms with Gasteiger partial charge in [-0.05, 0) is 55.5 Å². The van der Waals surface area contributed by atoms with Crippen LogP contribution in [0.25, 0.3) is 11.3 Å². The van der Waals surface area contributed by atoms with Crippen molar-refractivity contribution in [3.63, 3.8) is 0 Å². The minimum absolute atomic E-state index is 0.274. The highest BCUT2D eigenvalue weighted by molar-refractivity contribution is 6.30. The number of aromatic nitrogens is 3. The monoisotopic (exact) mass is 415 g/mol. The van der Waals surface area contributed by atoms with Gasteiger partial charge in [0.25, 0.3) is 5.91 Å². The second-order valence-corrected chi connectivity index (χ2v) is 7.00. The van der Waals surface area contributed by atoms with Crippen LogP contribution in [0.2, 0.25) is 5.02 Å². The molecular weight excluding hydrogens is 398 g/mol. The number of aryl methyl sites for hydroxylation is 1. The van der Waals surface area contributed by atoms with Gasteiger partial charge >= 0.3 is 0 Å². The van der Waals surface area contributed by atoms with Crippen LogP contribution in [0.3, 0.4) is 0 Å². The third-order valence-corrected chi connectivity index (χ3v) is 4.57. The molecule has 148 valence electrons. The molecule has 2 N–H and O–H groups in total. The lowest BCUT2D eigenvalue weighted by Crippen LogP contribution is -2.14. The van der Waals surface area contributed by atoms with Crippen LogP contribution in [0, 0.1) is 6.92 Å². The molecule has 2 aromatic heterocycles. The van der Waals surface area contributed by atoms with Gasteiger partial charge in [-0.1, -0.05) is 29.8 Å². The Bertz CT molecular complexity index is 1210. The van der Waals surface area contributed by atoms with Crippen LogP contribution in [-0.2, 0) is 0 Å². The van der Waals surface area contributed by atoms with E-state index in [0.717, 1.165) is 16.9 Å². The molecule has 2 heterocycles. The van der Waals surface area contributed by atoms with Crippen molar-refractivity contribution in [1.29, 1.82) is 0 Å². The first-order chi connectivity index (χ1) is 14.6. The molecule has 0 aliphatic heterocycles. The largest absolute Gasteiger partial charge is 0.340 e. The van der Waals surface area contributed by atoms with Gasteiger partial charge in [0.05, 0.1) is 11.3 Å². The van der Waals surface area contributed by atoms with Crippen LogP contribution in [0.5, 0.6) is 0 Å². The summed E-state index contributed by atoms with van der Waals surface area (Å²) in [5, 5.41) is 6.68. The van der Waals surface area contributed by atoms with Crippen LogP contribution < -0.4 is 10.6 Å². The zero-order chi connectivity index (χ0) is 20.9. The number of benzene rings is 2. The van der Waals surface area contributed by atoms with Crippen LogP contribution in [-0.4, -0.2) is 20.9 Å². The van der Waals surface area contributed by atoms with Crippen molar-refractivity contribution in [3.8, 4) is 11.3 Å². The lowest BCUT2D eigenvalue weighted by molar-refractivity contribution is 0.102. The Balaban J connectivity index is 1.57. The van der Waals surface area contributed by atoms with E-state index >= 15 is 0 Å². The van der Waals surface area contributed by atoms with E-state index in [1.807, 2.05) is 49.4 Å². The molecule has 0 fully saturated rings. The molecule has 0 saturated heterocycles. The van der Waals surface area contributed by atoms with E-state index < -0.39 is 0 Å². The molecule has 0 saturated carbocycles. The minimum atomic E-state index is -0.274. The molecule has 0 aliphatic carbocycles. The van der Waals surface area contributed by atoms with E-state index in [-0.39, 0.29) is 5.91 Å². The molecule has 7 heteroatoms. The Hall–Kier alpha value is -3.77. The minimum Gasteiger partial charge on any atom is -0.340 e. The Kier molecular flexibility index (Phi) is 5.68. The molecule has 2 aromatic carbocycles. The average molecular weight is 416 g/mol. The second-order valence-electron chi connectivity index (χ2n) is 6.56. The van der Waals surface area contributed by atoms with Gasteiger partial charge in [-0.2, -0.15) is 0 Å². The maximum Gasteiger partial charge on any atom is 0.259 e. The predicted molar refractivity (Wildman–Crippen MR) is 119 cm³/mol. The topological polar surface area (TPSA) is 79.8 Å². The standard InChI is InChI=1S/C23H18ClN5O/c1-15-25-12-10-21(27-15)16-5-2-7-18(13-16)29-23(30)20-9-4-11-26-22(20)28-19-8-3-6-17(24)14-19/h2-14H,1H3,(H,26,28)(H,29,30). The smallest absolute Gasteiger partial charge is 0.259 e. The fraction of sp³-hybridized carbons (Fsp3) is 0.0435. The number of carbonyl (C=O) groups excluding carboxylic acids is 1. The van der Waals surface area contributed by atoms with E-state index in [9.17, 15) is 4.79 Å². The lowest BCUT2D eigenvalue weighted by Gasteiger charge is -2.12. The Morgan fingerprint density at radius 2 is 1.73 bits per heavy atom. The fourth-order valence-electron chi connectivity index (χ4n) is 2.96. The van der Waals surface area contributed by atoms with Gasteiger partial charge in [0.2, 0.25) is 0 Å². The summed E-state index contributed by atoms with van der Waals surface area (Å²) in [6.45, 7) is 1.84. The Morgan fingerprint density at radius 3 is 2.57 bits per heavy atom. The van der Waals surface area contributed by atoms with Gasteiger partial charge in [0, 0.05) is 34.4 Å². The summed E-state index contributed by atoms with van der Waals surface area (Å²) < 4.78 is 0. The summed E-state index contributed by atoms with van der Waals surface area (Å²) in [5.41, 5.74) is 3.51. The third-order valence-electron chi connectivity index (χ3n) is 4.33. The number of rotatable bonds is 5. The number of carbonyl (C=O) groups is 1. The van der Waals surface area contributed by atoms with E-state index in [4.69, 9.17) is 11.6 Å². The number of anilines is 3. The lowest BCUT2D eigenvalue weighted by atomic mass is 10.1. The van der Waals surface area contributed by atoms with E-state index in [2.05, 4.69) is 25.6 Å². The number of hydrogen-bond acceptors (Lipinski definition) is 5. The van der Waals surface area contributed by atoms with Gasteiger partial charge in [-0.15, -0.1) is 0 Å². The summed E-state index contributed by atoms with van der Waals surface area (Å²) in [4.78, 5) is 25.8. The molecule has 4 aromatic rings. The van der Waals surface area contributed by atoms with E-state index in [1.54, 1.807) is 36.7 Å². The van der Waals surface area contributed by atoms with Crippen LogP contribution in [0.15, 0.2) is 79.1 Å². The number of amides is 1. The first-order valence-corrected chi connectivity index (χ1v) is 9.65. The Morgan fingerprint density at radius 1 is 0.900 bits per heavy atom. The highest BCUT2D eigenvalue weighted by Gasteiger charge is 2.13. The van der Waals surface area contributed by atoms with Crippen LogP contribution in [0.4, 0.5) is 17.2 Å². The number of hydrogen-bond donors (Lipinski definition) is 2. The highest BCUT2D eigenvalue weighted by Crippen LogP contribution is 2.24. The summed E-state index contributed by atoms with van der Waals surface area (Å²) in [6, 6.07) is 20.0. The van der Waals surface area contributed by atoms with Gasteiger partial charge in [-0.3, -0.25) is 4.79 Å². The summed E-state index contributed by atoms with van der Waals surface area (Å²) in [6.07, 6.45) is 3.34. The quantitative estimate of drug-likeness (QED) is 0.450. The van der Waals surface area contributed by atoms with Crippen LogP contribution >= 0.6 is 11.6 Å². The maximum absolute atomic E-state index is 13.0. The van der Waals surface area contributed by atoms with Gasteiger partial charge in [0.15, 0.2) is 0 Å². The highest BCUT2D eigenvalue weighted by atomic mass is 35.5. The molecule has 0 unspecified atom stereocenters. The van der Waals surface area contributed by atoms with Crippen molar-refractivity contribution in [2.24, 2.45) is 0 Å². The Labute approximate surface area is 179 Å². The second kappa shape index (κ2) is 8.71. The number of nitrogens with one attached hydrogen (secondary N) is 2. The first-order valence-electron chi connectivity index (χ1n) is 9.27. The number of nitrogens with zero attached hydrogens (tertiary/aromatic N) is 3. The normalized spacial score (nSPS) is 10.5. The SMILES string of the molecule is Cc1nccc(-c2cccc(NC(=O)c3cccnc3Nc3cccc(Cl)c3)c2)n1. The number of halogens is 1. The molecule has 6 nitrogen and oxygen atoms in total. The molecule has 0 aliphatic rings. The predicted octanol–water partition coefficient (Wildman–Crippen LogP) is 5.50. The summed E-state index contributed by atoms with van der Waals surface area (Å²) >= 11 is 6.05. The maximum atomic E-state index is 13.0. The van der Waals surface area contributed by atoms with E-state index in [0.29, 0.717) is 27.9 Å². The zero-order valence-electron chi connectivity index (χ0n) is 16.1. The molecule has 4 rings (SSSR count).